The van der Waals surface area contributed by atoms with E-state index in [9.17, 15) is 19.8 Å². The van der Waals surface area contributed by atoms with E-state index in [4.69, 9.17) is 0 Å². The van der Waals surface area contributed by atoms with Crippen LogP contribution in [-0.4, -0.2) is 11.9 Å². The number of rotatable bonds is 2. The van der Waals surface area contributed by atoms with Gasteiger partial charge in [0.1, 0.15) is 0 Å². The third-order valence-electron chi connectivity index (χ3n) is 5.53. The standard InChI is InChI=1S/C16H22O4/c17-15(18)13-11-7-3-1-5-9(11)10-6-2-4-8-12(10)14(13)16(19)20/h11-14H,1-8H2,(H,17,18)(H,19,20)/p-2/t11-,12+,13-,14+. The van der Waals surface area contributed by atoms with Crippen molar-refractivity contribution >= 4 is 11.9 Å². The minimum Gasteiger partial charge on any atom is -0.550 e. The molecule has 110 valence electrons. The van der Waals surface area contributed by atoms with Gasteiger partial charge in [-0.15, -0.1) is 0 Å². The van der Waals surface area contributed by atoms with E-state index in [0.29, 0.717) is 0 Å². The fourth-order valence-corrected chi connectivity index (χ4v) is 4.79. The Morgan fingerprint density at radius 2 is 1.15 bits per heavy atom. The first-order valence-corrected chi connectivity index (χ1v) is 7.74. The molecule has 4 nitrogen and oxygen atoms in total. The van der Waals surface area contributed by atoms with Crippen LogP contribution in [0, 0.1) is 23.7 Å². The zero-order chi connectivity index (χ0) is 14.3. The minimum atomic E-state index is -1.20. The summed E-state index contributed by atoms with van der Waals surface area (Å²) < 4.78 is 0. The van der Waals surface area contributed by atoms with Crippen molar-refractivity contribution in [2.24, 2.45) is 23.7 Å². The van der Waals surface area contributed by atoms with Crippen molar-refractivity contribution in [3.8, 4) is 0 Å². The molecule has 20 heavy (non-hydrogen) atoms. The lowest BCUT2D eigenvalue weighted by Crippen LogP contribution is -2.53. The molecule has 2 fully saturated rings. The van der Waals surface area contributed by atoms with Crippen LogP contribution in [0.25, 0.3) is 0 Å². The lowest BCUT2D eigenvalue weighted by molar-refractivity contribution is -0.331. The Hall–Kier alpha value is -1.32. The predicted octanol–water partition coefficient (Wildman–Crippen LogP) is 0.409. The predicted molar refractivity (Wildman–Crippen MR) is 67.9 cm³/mol. The van der Waals surface area contributed by atoms with E-state index in [0.717, 1.165) is 51.4 Å². The molecule has 0 aromatic heterocycles. The monoisotopic (exact) mass is 276 g/mol. The van der Waals surface area contributed by atoms with Crippen LogP contribution in [-0.2, 0) is 9.59 Å². The van der Waals surface area contributed by atoms with Crippen molar-refractivity contribution in [3.05, 3.63) is 11.1 Å². The normalized spacial score (nSPS) is 37.0. The van der Waals surface area contributed by atoms with Crippen LogP contribution in [0.1, 0.15) is 51.4 Å². The molecule has 4 heteroatoms. The molecular formula is C16H20O4-2. The molecule has 0 aromatic rings. The van der Waals surface area contributed by atoms with Crippen LogP contribution in [0.15, 0.2) is 11.1 Å². The second-order valence-corrected chi connectivity index (χ2v) is 6.44. The molecule has 0 spiro atoms. The molecule has 0 saturated heterocycles. The van der Waals surface area contributed by atoms with Crippen LogP contribution in [0.3, 0.4) is 0 Å². The van der Waals surface area contributed by atoms with Gasteiger partial charge in [-0.1, -0.05) is 24.0 Å². The van der Waals surface area contributed by atoms with Crippen LogP contribution < -0.4 is 10.2 Å². The Kier molecular flexibility index (Phi) is 3.57. The summed E-state index contributed by atoms with van der Waals surface area (Å²) in [6.07, 6.45) is 7.61. The van der Waals surface area contributed by atoms with Crippen LogP contribution in [0.2, 0.25) is 0 Å². The number of allylic oxidation sites excluding steroid dienone is 2. The molecule has 3 aliphatic carbocycles. The van der Waals surface area contributed by atoms with E-state index in [1.165, 1.54) is 11.1 Å². The zero-order valence-electron chi connectivity index (χ0n) is 11.6. The molecule has 0 bridgehead atoms. The molecule has 0 aliphatic heterocycles. The summed E-state index contributed by atoms with van der Waals surface area (Å²) in [6, 6.07) is 0. The third-order valence-corrected chi connectivity index (χ3v) is 5.53. The molecule has 3 aliphatic rings. The number of carboxylic acid groups (broad SMARTS) is 2. The van der Waals surface area contributed by atoms with E-state index >= 15 is 0 Å². The zero-order valence-corrected chi connectivity index (χ0v) is 11.6. The second kappa shape index (κ2) is 5.23. The van der Waals surface area contributed by atoms with Gasteiger partial charge in [-0.25, -0.2) is 0 Å². The molecule has 4 atom stereocenters. The van der Waals surface area contributed by atoms with E-state index in [1.807, 2.05) is 0 Å². The maximum absolute atomic E-state index is 11.6. The maximum atomic E-state index is 11.6. The van der Waals surface area contributed by atoms with E-state index < -0.39 is 23.8 Å². The van der Waals surface area contributed by atoms with Crippen LogP contribution in [0.4, 0.5) is 0 Å². The smallest absolute Gasteiger partial charge is 0.0458 e. The minimum absolute atomic E-state index is 0.124. The summed E-state index contributed by atoms with van der Waals surface area (Å²) in [5.41, 5.74) is 2.51. The lowest BCUT2D eigenvalue weighted by atomic mass is 9.57. The topological polar surface area (TPSA) is 80.3 Å². The van der Waals surface area contributed by atoms with Crippen molar-refractivity contribution in [1.82, 2.24) is 0 Å². The van der Waals surface area contributed by atoms with Gasteiger partial charge in [-0.2, -0.15) is 0 Å². The van der Waals surface area contributed by atoms with Gasteiger partial charge in [0.05, 0.1) is 0 Å². The summed E-state index contributed by atoms with van der Waals surface area (Å²) >= 11 is 0. The highest BCUT2D eigenvalue weighted by Crippen LogP contribution is 2.52. The number of hydrogen-bond acceptors (Lipinski definition) is 4. The summed E-state index contributed by atoms with van der Waals surface area (Å²) in [5.74, 6) is -4.42. The molecule has 0 radical (unpaired) electrons. The van der Waals surface area contributed by atoms with E-state index in [1.54, 1.807) is 0 Å². The fraction of sp³-hybridized carbons (Fsp3) is 0.750. The highest BCUT2D eigenvalue weighted by molar-refractivity contribution is 5.80. The van der Waals surface area contributed by atoms with Crippen LogP contribution >= 0.6 is 0 Å². The molecule has 0 N–H and O–H groups in total. The maximum Gasteiger partial charge on any atom is 0.0458 e. The summed E-state index contributed by atoms with van der Waals surface area (Å²) in [4.78, 5) is 23.1. The van der Waals surface area contributed by atoms with Gasteiger partial charge in [0.2, 0.25) is 0 Å². The van der Waals surface area contributed by atoms with Gasteiger partial charge < -0.3 is 19.8 Å². The first-order valence-electron chi connectivity index (χ1n) is 7.74. The van der Waals surface area contributed by atoms with Gasteiger partial charge in [0.25, 0.3) is 0 Å². The number of carbonyl (C=O) groups is 2. The summed E-state index contributed by atoms with van der Waals surface area (Å²) in [5, 5.41) is 23.1. The Morgan fingerprint density at radius 1 is 0.750 bits per heavy atom. The number of carbonyl (C=O) groups excluding carboxylic acids is 2. The lowest BCUT2D eigenvalue weighted by Gasteiger charge is -2.50. The van der Waals surface area contributed by atoms with Gasteiger partial charge in [0.15, 0.2) is 0 Å². The number of hydrogen-bond donors (Lipinski definition) is 0. The third kappa shape index (κ3) is 2.05. The fourth-order valence-electron chi connectivity index (χ4n) is 4.79. The highest BCUT2D eigenvalue weighted by atomic mass is 16.4. The Labute approximate surface area is 118 Å². The average molecular weight is 276 g/mol. The Bertz CT molecular complexity index is 423. The summed E-state index contributed by atoms with van der Waals surface area (Å²) in [6.45, 7) is 0. The molecule has 0 amide bonds. The van der Waals surface area contributed by atoms with Crippen LogP contribution in [0.5, 0.6) is 0 Å². The van der Waals surface area contributed by atoms with Crippen molar-refractivity contribution < 1.29 is 19.8 Å². The van der Waals surface area contributed by atoms with Crippen molar-refractivity contribution in [2.75, 3.05) is 0 Å². The van der Waals surface area contributed by atoms with Crippen molar-refractivity contribution in [2.45, 2.75) is 51.4 Å². The highest BCUT2D eigenvalue weighted by Gasteiger charge is 2.46. The molecule has 0 unspecified atom stereocenters. The summed E-state index contributed by atoms with van der Waals surface area (Å²) in [7, 11) is 0. The molecule has 0 aromatic carbocycles. The van der Waals surface area contributed by atoms with E-state index in [-0.39, 0.29) is 11.8 Å². The van der Waals surface area contributed by atoms with Crippen molar-refractivity contribution in [1.29, 1.82) is 0 Å². The number of fused-ring (bicyclic) bond motifs is 2. The number of carboxylic acids is 2. The van der Waals surface area contributed by atoms with Gasteiger partial charge in [-0.05, 0) is 50.4 Å². The van der Waals surface area contributed by atoms with Gasteiger partial charge in [-0.3, -0.25) is 0 Å². The van der Waals surface area contributed by atoms with Gasteiger partial charge in [0, 0.05) is 23.8 Å². The van der Waals surface area contributed by atoms with E-state index in [2.05, 4.69) is 0 Å². The second-order valence-electron chi connectivity index (χ2n) is 6.44. The first-order chi connectivity index (χ1) is 9.61. The first kappa shape index (κ1) is 13.7. The Balaban J connectivity index is 2.09. The molecule has 0 heterocycles. The number of aliphatic carboxylic acids is 2. The molecule has 2 saturated carbocycles. The quantitative estimate of drug-likeness (QED) is 0.684. The van der Waals surface area contributed by atoms with Crippen molar-refractivity contribution in [3.63, 3.8) is 0 Å². The van der Waals surface area contributed by atoms with Gasteiger partial charge >= 0.3 is 0 Å². The molecule has 3 rings (SSSR count). The average Bonchev–Trinajstić information content (AvgIpc) is 2.45. The molecular weight excluding hydrogens is 256 g/mol. The largest absolute Gasteiger partial charge is 0.550 e. The Morgan fingerprint density at radius 3 is 1.50 bits per heavy atom. The SMILES string of the molecule is O=C([O-])[C@@H]1[C@H](C(=O)[O-])[C@@H]2CCCCC2=C2CCCC[C@@H]21.